The standard InChI is InChI=1S/C23H27N3O3S/c1-2-21(27)24-18-9-8-16-14-19(22(28)25-10-4-3-5-11-25)26(15-17(16)13-18)23(29)20-7-6-12-30-20/h6-9,12-13,19H,2-5,10-11,14-15H2,1H3,(H,24,27). The molecule has 0 aliphatic carbocycles. The van der Waals surface area contributed by atoms with Crippen LogP contribution in [0.25, 0.3) is 0 Å². The number of nitrogens with zero attached hydrogens (tertiary/aromatic N) is 2. The van der Waals surface area contributed by atoms with Gasteiger partial charge in [0.1, 0.15) is 6.04 Å². The largest absolute Gasteiger partial charge is 0.341 e. The molecule has 6 nitrogen and oxygen atoms in total. The predicted octanol–water partition coefficient (Wildman–Crippen LogP) is 3.68. The van der Waals surface area contributed by atoms with Crippen LogP contribution in [0.3, 0.4) is 0 Å². The number of nitrogens with one attached hydrogen (secondary N) is 1. The second-order valence-electron chi connectivity index (χ2n) is 7.90. The summed E-state index contributed by atoms with van der Waals surface area (Å²) in [6.07, 6.45) is 4.11. The fourth-order valence-corrected chi connectivity index (χ4v) is 4.89. The second-order valence-corrected chi connectivity index (χ2v) is 8.85. The lowest BCUT2D eigenvalue weighted by atomic mass is 9.92. The topological polar surface area (TPSA) is 69.7 Å². The molecule has 2 aliphatic heterocycles. The third-order valence-electron chi connectivity index (χ3n) is 5.89. The first-order valence-electron chi connectivity index (χ1n) is 10.6. The van der Waals surface area contributed by atoms with Gasteiger partial charge in [0.15, 0.2) is 0 Å². The maximum Gasteiger partial charge on any atom is 0.264 e. The molecule has 0 radical (unpaired) electrons. The van der Waals surface area contributed by atoms with Gasteiger partial charge in [-0.1, -0.05) is 19.1 Å². The first kappa shape index (κ1) is 20.6. The normalized spacial score (nSPS) is 18.6. The Morgan fingerprint density at radius 3 is 2.60 bits per heavy atom. The second kappa shape index (κ2) is 9.00. The molecule has 7 heteroatoms. The van der Waals surface area contributed by atoms with Crippen molar-refractivity contribution in [3.63, 3.8) is 0 Å². The summed E-state index contributed by atoms with van der Waals surface area (Å²) >= 11 is 1.40. The van der Waals surface area contributed by atoms with E-state index in [1.54, 1.807) is 4.90 Å². The lowest BCUT2D eigenvalue weighted by molar-refractivity contribution is -0.137. The fourth-order valence-electron chi connectivity index (χ4n) is 4.21. The minimum Gasteiger partial charge on any atom is -0.341 e. The van der Waals surface area contributed by atoms with E-state index in [4.69, 9.17) is 0 Å². The van der Waals surface area contributed by atoms with Gasteiger partial charge in [0.05, 0.1) is 4.88 Å². The van der Waals surface area contributed by atoms with Crippen LogP contribution in [0.1, 0.15) is 53.4 Å². The number of hydrogen-bond acceptors (Lipinski definition) is 4. The third-order valence-corrected chi connectivity index (χ3v) is 6.74. The summed E-state index contributed by atoms with van der Waals surface area (Å²) in [5, 5.41) is 4.76. The van der Waals surface area contributed by atoms with Crippen LogP contribution in [-0.2, 0) is 22.6 Å². The lowest BCUT2D eigenvalue weighted by Crippen LogP contribution is -2.54. The van der Waals surface area contributed by atoms with E-state index in [1.807, 2.05) is 47.5 Å². The molecule has 3 amide bonds. The zero-order chi connectivity index (χ0) is 21.1. The number of fused-ring (bicyclic) bond motifs is 1. The first-order chi connectivity index (χ1) is 14.6. The Labute approximate surface area is 180 Å². The number of amides is 3. The number of piperidine rings is 1. The van der Waals surface area contributed by atoms with Gasteiger partial charge in [-0.2, -0.15) is 0 Å². The van der Waals surface area contributed by atoms with E-state index in [-0.39, 0.29) is 17.7 Å². The molecule has 2 aliphatic rings. The van der Waals surface area contributed by atoms with Crippen LogP contribution in [0.15, 0.2) is 35.7 Å². The van der Waals surface area contributed by atoms with Crippen molar-refractivity contribution in [1.82, 2.24) is 9.80 Å². The van der Waals surface area contributed by atoms with E-state index in [2.05, 4.69) is 5.32 Å². The Balaban J connectivity index is 1.64. The number of rotatable bonds is 4. The Morgan fingerprint density at radius 2 is 1.90 bits per heavy atom. The van der Waals surface area contributed by atoms with Crippen LogP contribution in [0.2, 0.25) is 0 Å². The minimum absolute atomic E-state index is 0.0459. The molecule has 1 fully saturated rings. The molecule has 4 rings (SSSR count). The summed E-state index contributed by atoms with van der Waals surface area (Å²) < 4.78 is 0. The van der Waals surface area contributed by atoms with E-state index in [9.17, 15) is 14.4 Å². The Kier molecular flexibility index (Phi) is 6.18. The molecule has 158 valence electrons. The van der Waals surface area contributed by atoms with Crippen molar-refractivity contribution in [2.45, 2.75) is 51.6 Å². The van der Waals surface area contributed by atoms with Gasteiger partial charge in [0, 0.05) is 38.2 Å². The minimum atomic E-state index is -0.485. The van der Waals surface area contributed by atoms with Gasteiger partial charge in [-0.15, -0.1) is 11.3 Å². The van der Waals surface area contributed by atoms with Gasteiger partial charge in [-0.05, 0) is 54.0 Å². The molecule has 0 saturated carbocycles. The monoisotopic (exact) mass is 425 g/mol. The SMILES string of the molecule is CCC(=O)Nc1ccc2c(c1)CN(C(=O)c1cccs1)C(C(=O)N1CCCCC1)C2. The van der Waals surface area contributed by atoms with E-state index in [0.717, 1.165) is 49.2 Å². The number of benzene rings is 1. The summed E-state index contributed by atoms with van der Waals surface area (Å²) in [5.41, 5.74) is 2.77. The van der Waals surface area contributed by atoms with Crippen LogP contribution in [0, 0.1) is 0 Å². The van der Waals surface area contributed by atoms with Gasteiger partial charge in [0.2, 0.25) is 11.8 Å². The Hall–Kier alpha value is -2.67. The van der Waals surface area contributed by atoms with Crippen molar-refractivity contribution >= 4 is 34.7 Å². The highest BCUT2D eigenvalue weighted by atomic mass is 32.1. The maximum absolute atomic E-state index is 13.4. The smallest absolute Gasteiger partial charge is 0.264 e. The van der Waals surface area contributed by atoms with Crippen LogP contribution in [-0.4, -0.2) is 46.7 Å². The van der Waals surface area contributed by atoms with Crippen LogP contribution >= 0.6 is 11.3 Å². The van der Waals surface area contributed by atoms with Crippen LogP contribution < -0.4 is 5.32 Å². The molecule has 3 heterocycles. The van der Waals surface area contributed by atoms with Gasteiger partial charge >= 0.3 is 0 Å². The van der Waals surface area contributed by atoms with Crippen molar-refractivity contribution in [2.24, 2.45) is 0 Å². The molecule has 1 unspecified atom stereocenters. The summed E-state index contributed by atoms with van der Waals surface area (Å²) in [7, 11) is 0. The molecule has 1 saturated heterocycles. The first-order valence-corrected chi connectivity index (χ1v) is 11.5. The summed E-state index contributed by atoms with van der Waals surface area (Å²) in [4.78, 5) is 42.7. The van der Waals surface area contributed by atoms with Gasteiger partial charge < -0.3 is 15.1 Å². The number of hydrogen-bond donors (Lipinski definition) is 1. The average molecular weight is 426 g/mol. The third kappa shape index (κ3) is 4.26. The van der Waals surface area contributed by atoms with Crippen molar-refractivity contribution < 1.29 is 14.4 Å². The maximum atomic E-state index is 13.4. The summed E-state index contributed by atoms with van der Waals surface area (Å²) in [6, 6.07) is 8.97. The number of anilines is 1. The number of thiophene rings is 1. The molecule has 1 aromatic carbocycles. The lowest BCUT2D eigenvalue weighted by Gasteiger charge is -2.39. The molecule has 1 atom stereocenters. The van der Waals surface area contributed by atoms with Crippen molar-refractivity contribution in [3.8, 4) is 0 Å². The molecule has 1 aromatic heterocycles. The zero-order valence-corrected chi connectivity index (χ0v) is 18.0. The summed E-state index contributed by atoms with van der Waals surface area (Å²) in [6.45, 7) is 3.72. The van der Waals surface area contributed by atoms with E-state index >= 15 is 0 Å². The van der Waals surface area contributed by atoms with Gasteiger partial charge in [-0.3, -0.25) is 14.4 Å². The average Bonchev–Trinajstić information content (AvgIpc) is 3.32. The fraction of sp³-hybridized carbons (Fsp3) is 0.435. The molecule has 0 bridgehead atoms. The van der Waals surface area contributed by atoms with E-state index in [1.165, 1.54) is 11.3 Å². The van der Waals surface area contributed by atoms with Crippen molar-refractivity contribution in [2.75, 3.05) is 18.4 Å². The van der Waals surface area contributed by atoms with Crippen molar-refractivity contribution in [3.05, 3.63) is 51.7 Å². The van der Waals surface area contributed by atoms with Crippen LogP contribution in [0.5, 0.6) is 0 Å². The van der Waals surface area contributed by atoms with E-state index in [0.29, 0.717) is 24.3 Å². The summed E-state index contributed by atoms with van der Waals surface area (Å²) in [5.74, 6) is -0.0990. The highest BCUT2D eigenvalue weighted by Gasteiger charge is 2.37. The van der Waals surface area contributed by atoms with E-state index < -0.39 is 6.04 Å². The van der Waals surface area contributed by atoms with Crippen LogP contribution in [0.4, 0.5) is 5.69 Å². The number of carbonyl (C=O) groups is 3. The molecule has 2 aromatic rings. The Bertz CT molecular complexity index is 935. The molecule has 30 heavy (non-hydrogen) atoms. The molecular weight excluding hydrogens is 398 g/mol. The highest BCUT2D eigenvalue weighted by Crippen LogP contribution is 2.30. The molecule has 0 spiro atoms. The van der Waals surface area contributed by atoms with Gasteiger partial charge in [0.25, 0.3) is 5.91 Å². The molecular formula is C23H27N3O3S. The Morgan fingerprint density at radius 1 is 1.10 bits per heavy atom. The molecule has 1 N–H and O–H groups in total. The highest BCUT2D eigenvalue weighted by molar-refractivity contribution is 7.12. The predicted molar refractivity (Wildman–Crippen MR) is 117 cm³/mol. The zero-order valence-electron chi connectivity index (χ0n) is 17.2. The van der Waals surface area contributed by atoms with Gasteiger partial charge in [-0.25, -0.2) is 0 Å². The quantitative estimate of drug-likeness (QED) is 0.812. The van der Waals surface area contributed by atoms with Crippen molar-refractivity contribution in [1.29, 1.82) is 0 Å². The number of carbonyl (C=O) groups excluding carboxylic acids is 3. The number of likely N-dealkylation sites (tertiary alicyclic amines) is 1.